The predicted molar refractivity (Wildman–Crippen MR) is 64.3 cm³/mol. The van der Waals surface area contributed by atoms with Crippen molar-refractivity contribution in [3.8, 4) is 0 Å². The molecule has 1 aliphatic carbocycles. The molecule has 6 heteroatoms. The summed E-state index contributed by atoms with van der Waals surface area (Å²) >= 11 is 0. The Morgan fingerprint density at radius 3 is 2.10 bits per heavy atom. The molecule has 110 valence electrons. The number of carbonyl (C=O) groups excluding carboxylic acids is 1. The van der Waals surface area contributed by atoms with E-state index in [0.29, 0.717) is 6.61 Å². The number of ketones is 1. The normalized spacial score (nSPS) is 18.0. The Kier molecular flexibility index (Phi) is 31.3. The van der Waals surface area contributed by atoms with Crippen LogP contribution in [0.25, 0.3) is 0 Å². The SMILES string of the molecule is C/C=C/C=C/C(=O)[C@H]1C[C@H]1OCC.[C-]#[O+].[C-]#[O+].[C-]#[O+].[Fe]. The average molecular weight is 320 g/mol. The number of hydrogen-bond donors (Lipinski definition) is 0. The van der Waals surface area contributed by atoms with Crippen molar-refractivity contribution in [2.45, 2.75) is 26.4 Å². The maximum Gasteiger partial charge on any atom is 0 e. The summed E-state index contributed by atoms with van der Waals surface area (Å²) in [5, 5.41) is 0. The van der Waals surface area contributed by atoms with Gasteiger partial charge in [0.15, 0.2) is 5.78 Å². The summed E-state index contributed by atoms with van der Waals surface area (Å²) in [4.78, 5) is 11.4. The van der Waals surface area contributed by atoms with Gasteiger partial charge in [0.2, 0.25) is 0 Å². The van der Waals surface area contributed by atoms with Crippen LogP contribution >= 0.6 is 0 Å². The molecular weight excluding hydrogens is 304 g/mol. The quantitative estimate of drug-likeness (QED) is 0.255. The molecular formula is C14H16FeO5. The van der Waals surface area contributed by atoms with E-state index < -0.39 is 0 Å². The van der Waals surface area contributed by atoms with Crippen LogP contribution in [0.5, 0.6) is 0 Å². The summed E-state index contributed by atoms with van der Waals surface area (Å²) in [6.45, 7) is 18.1. The summed E-state index contributed by atoms with van der Waals surface area (Å²) in [7, 11) is 0. The van der Waals surface area contributed by atoms with Crippen molar-refractivity contribution >= 4 is 5.78 Å². The number of allylic oxidation sites excluding steroid dienone is 4. The third kappa shape index (κ3) is 14.9. The van der Waals surface area contributed by atoms with E-state index in [1.165, 1.54) is 0 Å². The average Bonchev–Trinajstić information content (AvgIpc) is 3.25. The van der Waals surface area contributed by atoms with Crippen molar-refractivity contribution in [3.63, 3.8) is 0 Å². The number of hydrogen-bond acceptors (Lipinski definition) is 2. The van der Waals surface area contributed by atoms with Crippen molar-refractivity contribution in [1.29, 1.82) is 0 Å². The molecule has 0 aromatic carbocycles. The van der Waals surface area contributed by atoms with E-state index in [0.717, 1.165) is 6.42 Å². The van der Waals surface area contributed by atoms with Gasteiger partial charge >= 0.3 is 33.9 Å². The molecule has 2 atom stereocenters. The molecule has 0 N–H and O–H groups in total. The fourth-order valence-corrected chi connectivity index (χ4v) is 1.25. The molecule has 1 aliphatic rings. The Morgan fingerprint density at radius 1 is 1.20 bits per heavy atom. The molecule has 5 nitrogen and oxygen atoms in total. The van der Waals surface area contributed by atoms with Gasteiger partial charge in [0.05, 0.1) is 12.0 Å². The Balaban J connectivity index is -0.000000162. The molecule has 0 saturated heterocycles. The van der Waals surface area contributed by atoms with Crippen LogP contribution in [-0.4, -0.2) is 18.5 Å². The van der Waals surface area contributed by atoms with Gasteiger partial charge in [-0.05, 0) is 26.3 Å². The zero-order valence-corrected chi connectivity index (χ0v) is 12.4. The van der Waals surface area contributed by atoms with Gasteiger partial charge in [0, 0.05) is 23.7 Å². The van der Waals surface area contributed by atoms with Crippen molar-refractivity contribution in [2.24, 2.45) is 5.92 Å². The van der Waals surface area contributed by atoms with Gasteiger partial charge in [-0.25, -0.2) is 0 Å². The van der Waals surface area contributed by atoms with Crippen molar-refractivity contribution < 1.29 is 40.6 Å². The largest absolute Gasteiger partial charge is 0 e. The van der Waals surface area contributed by atoms with E-state index in [4.69, 9.17) is 18.7 Å². The standard InChI is InChI=1S/C11H16O2.3CO.Fe/c1-3-5-6-7-10(12)9-8-11(9)13-4-2;3*1-2;/h3,5-7,9,11H,4,8H2,1-2H3;;;;/b5-3+,7-6+;;;;/t9-,11-;;;;/m1..../s1. The third-order valence-electron chi connectivity index (χ3n) is 2.04. The number of carbonyl (C=O) groups is 1. The van der Waals surface area contributed by atoms with E-state index in [1.807, 2.05) is 26.0 Å². The molecule has 0 aromatic rings. The van der Waals surface area contributed by atoms with Gasteiger partial charge < -0.3 is 4.74 Å². The first kappa shape index (κ1) is 27.2. The summed E-state index contributed by atoms with van der Waals surface area (Å²) in [6, 6.07) is 0. The molecule has 0 heterocycles. The van der Waals surface area contributed by atoms with Crippen LogP contribution in [0.1, 0.15) is 20.3 Å². The first-order chi connectivity index (χ1) is 9.29. The molecule has 0 aromatic heterocycles. The minimum atomic E-state index is 0. The van der Waals surface area contributed by atoms with Crippen LogP contribution in [0.2, 0.25) is 0 Å². The maximum absolute atomic E-state index is 11.4. The van der Waals surface area contributed by atoms with Gasteiger partial charge in [0.1, 0.15) is 0 Å². The number of rotatable bonds is 5. The molecule has 0 spiro atoms. The monoisotopic (exact) mass is 320 g/mol. The Labute approximate surface area is 130 Å². The molecule has 0 bridgehead atoms. The zero-order valence-electron chi connectivity index (χ0n) is 11.3. The van der Waals surface area contributed by atoms with Crippen LogP contribution in [0.3, 0.4) is 0 Å². The molecule has 1 fully saturated rings. The van der Waals surface area contributed by atoms with Crippen LogP contribution in [0.15, 0.2) is 24.3 Å². The molecule has 0 amide bonds. The molecule has 1 rings (SSSR count). The molecule has 20 heavy (non-hydrogen) atoms. The predicted octanol–water partition coefficient (Wildman–Crippen LogP) is 2.00. The molecule has 0 radical (unpaired) electrons. The Bertz CT molecular complexity index is 327. The van der Waals surface area contributed by atoms with Crippen molar-refractivity contribution in [2.75, 3.05) is 6.61 Å². The Morgan fingerprint density at radius 2 is 1.70 bits per heavy atom. The minimum absolute atomic E-state index is 0. The first-order valence-electron chi connectivity index (χ1n) is 5.35. The van der Waals surface area contributed by atoms with Crippen molar-refractivity contribution in [1.82, 2.24) is 0 Å². The summed E-state index contributed by atoms with van der Waals surface area (Å²) in [5.41, 5.74) is 0. The summed E-state index contributed by atoms with van der Waals surface area (Å²) in [5.74, 6) is 0.318. The molecule has 0 aliphatic heterocycles. The van der Waals surface area contributed by atoms with E-state index in [-0.39, 0.29) is 34.9 Å². The van der Waals surface area contributed by atoms with Gasteiger partial charge in [-0.1, -0.05) is 18.2 Å². The zero-order chi connectivity index (χ0) is 15.7. The Hall–Kier alpha value is -1.15. The van der Waals surface area contributed by atoms with E-state index in [9.17, 15) is 4.79 Å². The number of ether oxygens (including phenoxy) is 1. The molecule has 1 saturated carbocycles. The molecule has 0 unspecified atom stereocenters. The summed E-state index contributed by atoms with van der Waals surface area (Å²) < 4.78 is 27.8. The second-order valence-corrected chi connectivity index (χ2v) is 3.12. The maximum atomic E-state index is 11.4. The van der Waals surface area contributed by atoms with Gasteiger partial charge in [-0.15, -0.1) is 0 Å². The van der Waals surface area contributed by atoms with E-state index in [1.54, 1.807) is 12.2 Å². The smallest absolute Gasteiger partial charge is 0 e. The summed E-state index contributed by atoms with van der Waals surface area (Å²) in [6.07, 6.45) is 8.25. The van der Waals surface area contributed by atoms with Gasteiger partial charge in [-0.3, -0.25) is 4.79 Å². The minimum Gasteiger partial charge on any atom is 0 e. The van der Waals surface area contributed by atoms with Crippen molar-refractivity contribution in [3.05, 3.63) is 44.3 Å². The fraction of sp³-hybridized carbons (Fsp3) is 0.429. The van der Waals surface area contributed by atoms with Gasteiger partial charge in [-0.2, -0.15) is 0 Å². The third-order valence-corrected chi connectivity index (χ3v) is 2.04. The second kappa shape index (κ2) is 23.0. The van der Waals surface area contributed by atoms with Crippen LogP contribution < -0.4 is 0 Å². The van der Waals surface area contributed by atoms with Crippen LogP contribution in [0, 0.1) is 25.9 Å². The van der Waals surface area contributed by atoms with Gasteiger partial charge in [0.25, 0.3) is 0 Å². The fourth-order valence-electron chi connectivity index (χ4n) is 1.25. The van der Waals surface area contributed by atoms with E-state index >= 15 is 0 Å². The second-order valence-electron chi connectivity index (χ2n) is 3.12. The van der Waals surface area contributed by atoms with E-state index in [2.05, 4.69) is 20.0 Å². The van der Waals surface area contributed by atoms with Crippen LogP contribution in [0.4, 0.5) is 0 Å². The topological polar surface area (TPSA) is 86.0 Å². The van der Waals surface area contributed by atoms with Crippen LogP contribution in [-0.2, 0) is 40.6 Å². The first-order valence-corrected chi connectivity index (χ1v) is 5.35.